The topological polar surface area (TPSA) is 75.7 Å². The zero-order valence-corrected chi connectivity index (χ0v) is 19.1. The van der Waals surface area contributed by atoms with Crippen molar-refractivity contribution in [2.45, 2.75) is 26.2 Å². The number of nitrogens with zero attached hydrogens (tertiary/aromatic N) is 1. The van der Waals surface area contributed by atoms with Crippen molar-refractivity contribution in [3.8, 4) is 5.75 Å². The molecule has 2 aromatic rings. The van der Waals surface area contributed by atoms with E-state index >= 15 is 0 Å². The van der Waals surface area contributed by atoms with Gasteiger partial charge in [-0.2, -0.15) is 0 Å². The Morgan fingerprint density at radius 2 is 1.93 bits per heavy atom. The van der Waals surface area contributed by atoms with Gasteiger partial charge < -0.3 is 10.1 Å². The van der Waals surface area contributed by atoms with Crippen molar-refractivity contribution in [3.63, 3.8) is 0 Å². The quantitative estimate of drug-likeness (QED) is 0.494. The third-order valence-corrected chi connectivity index (χ3v) is 5.80. The first kappa shape index (κ1) is 23.2. The Labute approximate surface area is 181 Å². The van der Waals surface area contributed by atoms with E-state index in [0.717, 1.165) is 45.6 Å². The minimum Gasteiger partial charge on any atom is -0.493 e. The molecule has 0 unspecified atom stereocenters. The first-order valence-corrected chi connectivity index (χ1v) is 12.2. The molecule has 0 saturated heterocycles. The van der Waals surface area contributed by atoms with Crippen LogP contribution in [0.3, 0.4) is 0 Å². The Balaban J connectivity index is 1.89. The molecule has 0 aliphatic carbocycles. The van der Waals surface area contributed by atoms with Gasteiger partial charge in [0.1, 0.15) is 12.3 Å². The molecule has 29 heavy (non-hydrogen) atoms. The SMILES string of the molecule is CCCOc1ccccc1CCCNC(=O)CN(c1cccc(Br)c1)S(C)(=O)=O. The zero-order chi connectivity index (χ0) is 21.3. The van der Waals surface area contributed by atoms with Crippen LogP contribution in [0, 0.1) is 0 Å². The van der Waals surface area contributed by atoms with Crippen LogP contribution < -0.4 is 14.4 Å². The van der Waals surface area contributed by atoms with Crippen LogP contribution in [0.5, 0.6) is 5.75 Å². The summed E-state index contributed by atoms with van der Waals surface area (Å²) >= 11 is 3.33. The van der Waals surface area contributed by atoms with Crippen LogP contribution in [-0.4, -0.2) is 40.3 Å². The molecule has 0 heterocycles. The average Bonchev–Trinajstić information content (AvgIpc) is 2.67. The van der Waals surface area contributed by atoms with Crippen molar-refractivity contribution in [2.75, 3.05) is 30.3 Å². The maximum Gasteiger partial charge on any atom is 0.240 e. The van der Waals surface area contributed by atoms with Crippen molar-refractivity contribution < 1.29 is 17.9 Å². The smallest absolute Gasteiger partial charge is 0.240 e. The second-order valence-corrected chi connectivity index (χ2v) is 9.48. The number of nitrogens with one attached hydrogen (secondary N) is 1. The number of ether oxygens (including phenoxy) is 1. The molecule has 0 spiro atoms. The molecule has 158 valence electrons. The van der Waals surface area contributed by atoms with E-state index in [9.17, 15) is 13.2 Å². The fourth-order valence-corrected chi connectivity index (χ4v) is 4.02. The number of amides is 1. The number of carbonyl (C=O) groups excluding carboxylic acids is 1. The molecule has 0 aromatic heterocycles. The lowest BCUT2D eigenvalue weighted by atomic mass is 10.1. The third-order valence-electron chi connectivity index (χ3n) is 4.16. The summed E-state index contributed by atoms with van der Waals surface area (Å²) in [5, 5.41) is 2.80. The van der Waals surface area contributed by atoms with Crippen molar-refractivity contribution in [1.29, 1.82) is 0 Å². The van der Waals surface area contributed by atoms with Crippen molar-refractivity contribution in [3.05, 3.63) is 58.6 Å². The molecule has 0 bridgehead atoms. The zero-order valence-electron chi connectivity index (χ0n) is 16.7. The number of anilines is 1. The van der Waals surface area contributed by atoms with Crippen LogP contribution in [0.2, 0.25) is 0 Å². The number of carbonyl (C=O) groups is 1. The van der Waals surface area contributed by atoms with Gasteiger partial charge in [0.05, 0.1) is 18.6 Å². The van der Waals surface area contributed by atoms with Gasteiger partial charge in [0.25, 0.3) is 0 Å². The summed E-state index contributed by atoms with van der Waals surface area (Å²) in [5.41, 5.74) is 1.54. The highest BCUT2D eigenvalue weighted by Crippen LogP contribution is 2.22. The van der Waals surface area contributed by atoms with E-state index in [0.29, 0.717) is 18.8 Å². The normalized spacial score (nSPS) is 11.1. The van der Waals surface area contributed by atoms with E-state index in [-0.39, 0.29) is 12.5 Å². The summed E-state index contributed by atoms with van der Waals surface area (Å²) in [4.78, 5) is 12.3. The lowest BCUT2D eigenvalue weighted by Crippen LogP contribution is -2.40. The fourth-order valence-electron chi connectivity index (χ4n) is 2.79. The number of rotatable bonds is 11. The van der Waals surface area contributed by atoms with Gasteiger partial charge in [-0.3, -0.25) is 9.10 Å². The maximum atomic E-state index is 12.3. The van der Waals surface area contributed by atoms with Gasteiger partial charge in [0, 0.05) is 11.0 Å². The second kappa shape index (κ2) is 11.2. The van der Waals surface area contributed by atoms with Crippen LogP contribution in [0.15, 0.2) is 53.0 Å². The van der Waals surface area contributed by atoms with Crippen molar-refractivity contribution >= 4 is 37.5 Å². The Hall–Kier alpha value is -2.06. The highest BCUT2D eigenvalue weighted by molar-refractivity contribution is 9.10. The fraction of sp³-hybridized carbons (Fsp3) is 0.381. The molecular formula is C21H27BrN2O4S. The Morgan fingerprint density at radius 1 is 1.17 bits per heavy atom. The van der Waals surface area contributed by atoms with Crippen LogP contribution in [0.4, 0.5) is 5.69 Å². The van der Waals surface area contributed by atoms with Crippen LogP contribution in [0.25, 0.3) is 0 Å². The van der Waals surface area contributed by atoms with Gasteiger partial charge >= 0.3 is 0 Å². The van der Waals surface area contributed by atoms with E-state index in [4.69, 9.17) is 4.74 Å². The van der Waals surface area contributed by atoms with Crippen LogP contribution in [0.1, 0.15) is 25.3 Å². The molecule has 2 rings (SSSR count). The molecule has 2 aromatic carbocycles. The number of sulfonamides is 1. The molecule has 0 saturated carbocycles. The number of hydrogen-bond donors (Lipinski definition) is 1. The second-order valence-electron chi connectivity index (χ2n) is 6.66. The first-order valence-electron chi connectivity index (χ1n) is 9.52. The molecule has 0 radical (unpaired) electrons. The summed E-state index contributed by atoms with van der Waals surface area (Å²) in [5.74, 6) is 0.532. The van der Waals surface area contributed by atoms with Gasteiger partial charge in [-0.25, -0.2) is 8.42 Å². The summed E-state index contributed by atoms with van der Waals surface area (Å²) in [6, 6.07) is 14.7. The standard InChI is InChI=1S/C21H27BrN2O4S/c1-3-14-28-20-12-5-4-8-17(20)9-7-13-23-21(25)16-24(29(2,26)27)19-11-6-10-18(22)15-19/h4-6,8,10-12,15H,3,7,9,13-14,16H2,1-2H3,(H,23,25). The highest BCUT2D eigenvalue weighted by Gasteiger charge is 2.20. The van der Waals surface area contributed by atoms with Gasteiger partial charge in [-0.05, 0) is 49.1 Å². The summed E-state index contributed by atoms with van der Waals surface area (Å²) < 4.78 is 31.9. The van der Waals surface area contributed by atoms with Crippen molar-refractivity contribution in [1.82, 2.24) is 5.32 Å². The van der Waals surface area contributed by atoms with Gasteiger partial charge in [-0.15, -0.1) is 0 Å². The minimum atomic E-state index is -3.58. The summed E-state index contributed by atoms with van der Waals surface area (Å²) in [6.07, 6.45) is 3.53. The van der Waals surface area contributed by atoms with Gasteiger partial charge in [0.15, 0.2) is 0 Å². The van der Waals surface area contributed by atoms with E-state index in [1.165, 1.54) is 0 Å². The molecule has 1 N–H and O–H groups in total. The predicted octanol–water partition coefficient (Wildman–Crippen LogP) is 3.75. The average molecular weight is 483 g/mol. The number of benzene rings is 2. The Kier molecular flexibility index (Phi) is 8.98. The van der Waals surface area contributed by atoms with E-state index < -0.39 is 10.0 Å². The monoisotopic (exact) mass is 482 g/mol. The lowest BCUT2D eigenvalue weighted by molar-refractivity contribution is -0.119. The lowest BCUT2D eigenvalue weighted by Gasteiger charge is -2.22. The maximum absolute atomic E-state index is 12.3. The Bertz CT molecular complexity index is 918. The number of aryl methyl sites for hydroxylation is 1. The molecule has 0 aliphatic rings. The summed E-state index contributed by atoms with van der Waals surface area (Å²) in [6.45, 7) is 2.93. The van der Waals surface area contributed by atoms with E-state index in [1.54, 1.807) is 24.3 Å². The molecule has 6 nitrogen and oxygen atoms in total. The van der Waals surface area contributed by atoms with E-state index in [2.05, 4.69) is 28.2 Å². The van der Waals surface area contributed by atoms with Gasteiger partial charge in [0.2, 0.25) is 15.9 Å². The van der Waals surface area contributed by atoms with E-state index in [1.807, 2.05) is 24.3 Å². The largest absolute Gasteiger partial charge is 0.493 e. The van der Waals surface area contributed by atoms with Crippen molar-refractivity contribution in [2.24, 2.45) is 0 Å². The highest BCUT2D eigenvalue weighted by atomic mass is 79.9. The number of para-hydroxylation sites is 1. The van der Waals surface area contributed by atoms with Crippen LogP contribution in [-0.2, 0) is 21.2 Å². The third kappa shape index (κ3) is 7.70. The summed E-state index contributed by atoms with van der Waals surface area (Å²) in [7, 11) is -3.58. The number of hydrogen-bond acceptors (Lipinski definition) is 4. The molecular weight excluding hydrogens is 456 g/mol. The minimum absolute atomic E-state index is 0.258. The van der Waals surface area contributed by atoms with Gasteiger partial charge in [-0.1, -0.05) is 47.1 Å². The van der Waals surface area contributed by atoms with Crippen LogP contribution >= 0.6 is 15.9 Å². The molecule has 1 amide bonds. The Morgan fingerprint density at radius 3 is 2.62 bits per heavy atom. The number of halogens is 1. The molecule has 0 aliphatic heterocycles. The predicted molar refractivity (Wildman–Crippen MR) is 120 cm³/mol. The molecule has 0 fully saturated rings. The molecule has 0 atom stereocenters. The molecule has 8 heteroatoms. The first-order chi connectivity index (χ1) is 13.8.